The van der Waals surface area contributed by atoms with Crippen molar-refractivity contribution in [1.82, 2.24) is 0 Å². The molecule has 0 heterocycles. The number of hydrogen-bond donors (Lipinski definition) is 0. The lowest BCUT2D eigenvalue weighted by molar-refractivity contribution is 1.18. The Morgan fingerprint density at radius 3 is 1.40 bits per heavy atom. The summed E-state index contributed by atoms with van der Waals surface area (Å²) in [6.45, 7) is 4.01. The van der Waals surface area contributed by atoms with Crippen molar-refractivity contribution < 1.29 is 2.74 Å². The van der Waals surface area contributed by atoms with E-state index in [0.717, 1.165) is 11.1 Å². The summed E-state index contributed by atoms with van der Waals surface area (Å²) >= 11 is 0. The van der Waals surface area contributed by atoms with E-state index in [-0.39, 0.29) is 0 Å². The Bertz CT molecular complexity index is 448. The van der Waals surface area contributed by atoms with Gasteiger partial charge in [0.1, 0.15) is 0 Å². The van der Waals surface area contributed by atoms with Gasteiger partial charge in [-0.1, -0.05) is 59.7 Å². The maximum absolute atomic E-state index is 8.22. The van der Waals surface area contributed by atoms with Gasteiger partial charge in [-0.15, -0.1) is 0 Å². The predicted molar refractivity (Wildman–Crippen MR) is 65.2 cm³/mol. The summed E-state index contributed by atoms with van der Waals surface area (Å²) in [5.74, 6) is 0. The molecule has 0 saturated heterocycles. The van der Waals surface area contributed by atoms with Crippen molar-refractivity contribution >= 4 is 0 Å². The zero-order chi connectivity index (χ0) is 12.5. The average Bonchev–Trinajstić information content (AvgIpc) is 2.30. The summed E-state index contributed by atoms with van der Waals surface area (Å²) < 4.78 is 16.4. The smallest absolute Gasteiger partial charge is 0.0366 e. The van der Waals surface area contributed by atoms with Crippen LogP contribution in [0.1, 0.15) is 25.0 Å². The van der Waals surface area contributed by atoms with E-state index in [2.05, 4.69) is 0 Å². The minimum absolute atomic E-state index is 0.701. The van der Waals surface area contributed by atoms with Gasteiger partial charge in [-0.25, -0.2) is 0 Å². The quantitative estimate of drug-likeness (QED) is 0.686. The summed E-state index contributed by atoms with van der Waals surface area (Å²) in [6, 6.07) is 15.2. The minimum Gasteiger partial charge on any atom is -0.0590 e. The van der Waals surface area contributed by atoms with Gasteiger partial charge in [-0.2, -0.15) is 0 Å². The van der Waals surface area contributed by atoms with Gasteiger partial charge in [0, 0.05) is 2.74 Å². The van der Waals surface area contributed by atoms with Gasteiger partial charge in [-0.05, 0) is 31.3 Å². The molecule has 76 valence electrons. The lowest BCUT2D eigenvalue weighted by Crippen LogP contribution is -1.88. The lowest BCUT2D eigenvalue weighted by atomic mass is 10.0. The maximum atomic E-state index is 8.22. The molecule has 0 radical (unpaired) electrons. The molecule has 0 aliphatic heterocycles. The molecule has 15 heavy (non-hydrogen) atoms. The molecule has 0 heteroatoms. The van der Waals surface area contributed by atoms with Gasteiger partial charge in [-0.3, -0.25) is 0 Å². The molecular weight excluding hydrogens is 180 g/mol. The Morgan fingerprint density at radius 1 is 0.733 bits per heavy atom. The Hall–Kier alpha value is -1.56. The van der Waals surface area contributed by atoms with Crippen LogP contribution in [0.5, 0.6) is 0 Å². The van der Waals surface area contributed by atoms with Crippen LogP contribution in [-0.2, 0) is 6.37 Å². The molecule has 0 amide bonds. The van der Waals surface area contributed by atoms with Gasteiger partial charge < -0.3 is 0 Å². The maximum Gasteiger partial charge on any atom is 0.0366 e. The van der Waals surface area contributed by atoms with Crippen LogP contribution in [0.3, 0.4) is 0 Å². The summed E-state index contributed by atoms with van der Waals surface area (Å²) in [5, 5.41) is 0. The zero-order valence-corrected chi connectivity index (χ0v) is 9.12. The van der Waals surface area contributed by atoms with E-state index in [1.165, 1.54) is 0 Å². The van der Waals surface area contributed by atoms with Crippen LogP contribution in [0.25, 0.3) is 0 Å². The predicted octanol–water partition coefficient (Wildman–Crippen LogP) is 3.89. The first-order chi connectivity index (χ1) is 8.00. The third-order valence-corrected chi connectivity index (χ3v) is 2.39. The highest BCUT2D eigenvalue weighted by Crippen LogP contribution is 2.11. The van der Waals surface area contributed by atoms with Gasteiger partial charge in [0.2, 0.25) is 0 Å². The molecule has 0 aliphatic rings. The van der Waals surface area contributed by atoms with Crippen molar-refractivity contribution in [3.8, 4) is 0 Å². The highest BCUT2D eigenvalue weighted by Gasteiger charge is 1.95. The van der Waals surface area contributed by atoms with Crippen molar-refractivity contribution in [2.75, 3.05) is 0 Å². The molecule has 0 saturated carbocycles. The fraction of sp³-hybridized carbons (Fsp3) is 0.200. The first-order valence-corrected chi connectivity index (χ1v) is 5.14. The van der Waals surface area contributed by atoms with E-state index in [1.54, 1.807) is 0 Å². The molecule has 0 nitrogen and oxygen atoms in total. The summed E-state index contributed by atoms with van der Waals surface area (Å²) in [5.41, 5.74) is 3.70. The second-order valence-corrected chi connectivity index (χ2v) is 3.86. The molecule has 2 aromatic rings. The van der Waals surface area contributed by atoms with Crippen LogP contribution in [0, 0.1) is 13.8 Å². The Labute approximate surface area is 94.4 Å². The first kappa shape index (κ1) is 7.70. The number of rotatable bonds is 2. The largest absolute Gasteiger partial charge is 0.0590 e. The second-order valence-electron chi connectivity index (χ2n) is 3.86. The Morgan fingerprint density at radius 2 is 1.07 bits per heavy atom. The van der Waals surface area contributed by atoms with Crippen LogP contribution in [-0.4, -0.2) is 0 Å². The van der Waals surface area contributed by atoms with Gasteiger partial charge in [0.15, 0.2) is 0 Å². The van der Waals surface area contributed by atoms with E-state index in [0.29, 0.717) is 11.1 Å². The topological polar surface area (TPSA) is 0 Å². The number of benzene rings is 2. The molecule has 2 rings (SSSR count). The van der Waals surface area contributed by atoms with Crippen LogP contribution in [0.15, 0.2) is 48.5 Å². The molecule has 0 spiro atoms. The summed E-state index contributed by atoms with van der Waals surface area (Å²) in [6.07, 6.45) is -1.43. The van der Waals surface area contributed by atoms with E-state index < -0.39 is 6.37 Å². The number of aryl methyl sites for hydroxylation is 2. The van der Waals surface area contributed by atoms with Crippen LogP contribution in [0.4, 0.5) is 0 Å². The zero-order valence-electron chi connectivity index (χ0n) is 11.1. The Balaban J connectivity index is 2.41. The molecule has 0 bridgehead atoms. The van der Waals surface area contributed by atoms with Gasteiger partial charge in [0.25, 0.3) is 0 Å². The van der Waals surface area contributed by atoms with E-state index in [4.69, 9.17) is 2.74 Å². The van der Waals surface area contributed by atoms with Crippen molar-refractivity contribution in [2.24, 2.45) is 0 Å². The highest BCUT2D eigenvalue weighted by molar-refractivity contribution is 5.29. The first-order valence-electron chi connectivity index (χ1n) is 6.14. The monoisotopic (exact) mass is 198 g/mol. The molecule has 2 aromatic carbocycles. The van der Waals surface area contributed by atoms with Crippen LogP contribution in [0.2, 0.25) is 0 Å². The Kier molecular flexibility index (Phi) is 2.21. The van der Waals surface area contributed by atoms with Crippen molar-refractivity contribution in [1.29, 1.82) is 0 Å². The van der Waals surface area contributed by atoms with Crippen molar-refractivity contribution in [3.63, 3.8) is 0 Å². The third-order valence-electron chi connectivity index (χ3n) is 2.39. The fourth-order valence-electron chi connectivity index (χ4n) is 1.44. The standard InChI is InChI=1S/C15H16/c1-12-3-7-14(8-4-12)11-15-9-5-13(2)6-10-15/h3-10H,11H2,1-2H3/i11D2. The van der Waals surface area contributed by atoms with E-state index in [1.807, 2.05) is 62.4 Å². The SMILES string of the molecule is [2H]C([2H])(c1ccc(C)cc1)c1ccc(C)cc1. The lowest BCUT2D eigenvalue weighted by Gasteiger charge is -2.03. The molecule has 0 fully saturated rings. The molecular formula is C15H16. The van der Waals surface area contributed by atoms with E-state index >= 15 is 0 Å². The molecule has 0 atom stereocenters. The molecule has 0 unspecified atom stereocenters. The third kappa shape index (κ3) is 2.69. The molecule has 0 aromatic heterocycles. The highest BCUT2D eigenvalue weighted by atomic mass is 14.0. The minimum atomic E-state index is -1.43. The normalized spacial score (nSPS) is 13.2. The number of hydrogen-bond acceptors (Lipinski definition) is 0. The van der Waals surface area contributed by atoms with Crippen LogP contribution < -0.4 is 0 Å². The van der Waals surface area contributed by atoms with Crippen LogP contribution >= 0.6 is 0 Å². The van der Waals surface area contributed by atoms with Crippen molar-refractivity contribution in [3.05, 3.63) is 70.8 Å². The van der Waals surface area contributed by atoms with Gasteiger partial charge >= 0.3 is 0 Å². The molecule has 0 aliphatic carbocycles. The van der Waals surface area contributed by atoms with Gasteiger partial charge in [0.05, 0.1) is 0 Å². The van der Waals surface area contributed by atoms with E-state index in [9.17, 15) is 0 Å². The molecule has 0 N–H and O–H groups in total. The summed E-state index contributed by atoms with van der Waals surface area (Å²) in [7, 11) is 0. The van der Waals surface area contributed by atoms with Crippen molar-refractivity contribution in [2.45, 2.75) is 20.2 Å². The average molecular weight is 198 g/mol. The summed E-state index contributed by atoms with van der Waals surface area (Å²) in [4.78, 5) is 0. The second kappa shape index (κ2) is 4.31. The fourth-order valence-corrected chi connectivity index (χ4v) is 1.44.